The topological polar surface area (TPSA) is 46.5 Å². The smallest absolute Gasteiger partial charge is 0.270 e. The van der Waals surface area contributed by atoms with Crippen LogP contribution in [0, 0.1) is 0 Å². The molecule has 1 unspecified atom stereocenters. The highest BCUT2D eigenvalue weighted by Crippen LogP contribution is 2.28. The van der Waals surface area contributed by atoms with E-state index in [4.69, 9.17) is 4.74 Å². The highest BCUT2D eigenvalue weighted by atomic mass is 32.1. The Hall–Kier alpha value is -2.57. The summed E-state index contributed by atoms with van der Waals surface area (Å²) in [6.07, 6.45) is 2.94. The van der Waals surface area contributed by atoms with Crippen molar-refractivity contribution in [3.8, 4) is 5.75 Å². The fourth-order valence-corrected chi connectivity index (χ4v) is 4.30. The molecule has 28 heavy (non-hydrogen) atoms. The maximum Gasteiger partial charge on any atom is 0.270 e. The van der Waals surface area contributed by atoms with Crippen LogP contribution in [0.15, 0.2) is 60.1 Å². The molecular formula is C22H25N3O2S. The van der Waals surface area contributed by atoms with Crippen LogP contribution in [-0.2, 0) is 13.1 Å². The zero-order valence-corrected chi connectivity index (χ0v) is 16.8. The Morgan fingerprint density at radius 1 is 1.14 bits per heavy atom. The van der Waals surface area contributed by atoms with Crippen molar-refractivity contribution in [2.45, 2.75) is 25.6 Å². The van der Waals surface area contributed by atoms with Gasteiger partial charge in [0.05, 0.1) is 0 Å². The molecule has 5 nitrogen and oxygen atoms in total. The number of fused-ring (bicyclic) bond motifs is 1. The first-order valence-electron chi connectivity index (χ1n) is 9.62. The highest BCUT2D eigenvalue weighted by molar-refractivity contribution is 7.10. The first kappa shape index (κ1) is 18.8. The molecule has 1 N–H and O–H groups in total. The molecule has 1 aliphatic heterocycles. The molecule has 0 radical (unpaired) electrons. The van der Waals surface area contributed by atoms with Crippen molar-refractivity contribution in [1.82, 2.24) is 14.8 Å². The number of carbonyl (C=O) groups is 1. The molecular weight excluding hydrogens is 370 g/mol. The molecule has 3 aromatic rings. The second-order valence-electron chi connectivity index (χ2n) is 6.97. The van der Waals surface area contributed by atoms with E-state index < -0.39 is 0 Å². The standard InChI is InChI=1S/C22H25N3O2S/c1-23-11-10-20(21-5-3-15-28-21)27-18-8-6-17(7-9-18)16-25-14-13-24-12-2-4-19(24)22(25)26/h2-9,12,15,20,23H,10-11,13-14,16H2,1H3. The Morgan fingerprint density at radius 3 is 2.75 bits per heavy atom. The van der Waals surface area contributed by atoms with E-state index in [1.165, 1.54) is 4.88 Å². The lowest BCUT2D eigenvalue weighted by atomic mass is 10.1. The van der Waals surface area contributed by atoms with Crippen LogP contribution in [0.5, 0.6) is 5.75 Å². The van der Waals surface area contributed by atoms with Gasteiger partial charge in [0, 0.05) is 37.1 Å². The molecule has 146 valence electrons. The second-order valence-corrected chi connectivity index (χ2v) is 7.95. The van der Waals surface area contributed by atoms with Gasteiger partial charge in [-0.25, -0.2) is 0 Å². The lowest BCUT2D eigenvalue weighted by Crippen LogP contribution is -2.39. The van der Waals surface area contributed by atoms with Crippen molar-refractivity contribution in [1.29, 1.82) is 0 Å². The summed E-state index contributed by atoms with van der Waals surface area (Å²) >= 11 is 1.72. The Labute approximate surface area is 169 Å². The van der Waals surface area contributed by atoms with Crippen LogP contribution in [-0.4, -0.2) is 35.5 Å². The van der Waals surface area contributed by atoms with Crippen LogP contribution in [0.3, 0.4) is 0 Å². The molecule has 1 amide bonds. The van der Waals surface area contributed by atoms with E-state index in [2.05, 4.69) is 35.0 Å². The second kappa shape index (κ2) is 8.63. The highest BCUT2D eigenvalue weighted by Gasteiger charge is 2.23. The fourth-order valence-electron chi connectivity index (χ4n) is 3.51. The number of thiophene rings is 1. The number of nitrogens with one attached hydrogen (secondary N) is 1. The summed E-state index contributed by atoms with van der Waals surface area (Å²) in [5, 5.41) is 5.28. The average Bonchev–Trinajstić information content (AvgIpc) is 3.41. The molecule has 0 saturated heterocycles. The first-order chi connectivity index (χ1) is 13.7. The number of nitrogens with zero attached hydrogens (tertiary/aromatic N) is 2. The lowest BCUT2D eigenvalue weighted by molar-refractivity contribution is 0.0691. The van der Waals surface area contributed by atoms with Gasteiger partial charge in [-0.3, -0.25) is 4.79 Å². The number of rotatable bonds is 8. The molecule has 3 heterocycles. The first-order valence-corrected chi connectivity index (χ1v) is 10.5. The molecule has 0 saturated carbocycles. The quantitative estimate of drug-likeness (QED) is 0.629. The van der Waals surface area contributed by atoms with Gasteiger partial charge in [0.25, 0.3) is 5.91 Å². The summed E-state index contributed by atoms with van der Waals surface area (Å²) in [6.45, 7) is 3.12. The third-order valence-corrected chi connectivity index (χ3v) is 6.00. The van der Waals surface area contributed by atoms with Crippen LogP contribution in [0.1, 0.15) is 33.5 Å². The Bertz CT molecular complexity index is 902. The predicted octanol–water partition coefficient (Wildman–Crippen LogP) is 3.94. The minimum Gasteiger partial charge on any atom is -0.485 e. The summed E-state index contributed by atoms with van der Waals surface area (Å²) in [6, 6.07) is 16.1. The normalized spacial score (nSPS) is 14.8. The Kier molecular flexibility index (Phi) is 5.78. The van der Waals surface area contributed by atoms with E-state index in [-0.39, 0.29) is 12.0 Å². The number of hydrogen-bond donors (Lipinski definition) is 1. The summed E-state index contributed by atoms with van der Waals surface area (Å²) in [5.41, 5.74) is 1.89. The van der Waals surface area contributed by atoms with Crippen molar-refractivity contribution in [3.05, 3.63) is 76.2 Å². The van der Waals surface area contributed by atoms with Crippen LogP contribution in [0.2, 0.25) is 0 Å². The van der Waals surface area contributed by atoms with Crippen molar-refractivity contribution in [3.63, 3.8) is 0 Å². The molecule has 4 rings (SSSR count). The van der Waals surface area contributed by atoms with Crippen molar-refractivity contribution < 1.29 is 9.53 Å². The van der Waals surface area contributed by atoms with Crippen LogP contribution >= 0.6 is 11.3 Å². The number of ether oxygens (including phenoxy) is 1. The molecule has 0 spiro atoms. The molecule has 2 aromatic heterocycles. The Balaban J connectivity index is 1.40. The zero-order valence-electron chi connectivity index (χ0n) is 16.0. The minimum atomic E-state index is 0.0507. The Morgan fingerprint density at radius 2 is 2.00 bits per heavy atom. The molecule has 0 fully saturated rings. The monoisotopic (exact) mass is 395 g/mol. The largest absolute Gasteiger partial charge is 0.485 e. The van der Waals surface area contributed by atoms with Crippen molar-refractivity contribution in [2.75, 3.05) is 20.1 Å². The fraction of sp³-hybridized carbons (Fsp3) is 0.318. The van der Waals surface area contributed by atoms with Gasteiger partial charge < -0.3 is 19.5 Å². The number of amides is 1. The third kappa shape index (κ3) is 4.13. The minimum absolute atomic E-state index is 0.0507. The van der Waals surface area contributed by atoms with Crippen molar-refractivity contribution in [2.24, 2.45) is 0 Å². The van der Waals surface area contributed by atoms with Gasteiger partial charge in [-0.1, -0.05) is 18.2 Å². The van der Waals surface area contributed by atoms with E-state index in [1.807, 2.05) is 47.0 Å². The predicted molar refractivity (Wildman–Crippen MR) is 112 cm³/mol. The zero-order chi connectivity index (χ0) is 19.3. The summed E-state index contributed by atoms with van der Waals surface area (Å²) < 4.78 is 8.27. The van der Waals surface area contributed by atoms with Gasteiger partial charge in [0.1, 0.15) is 17.5 Å². The van der Waals surface area contributed by atoms with Gasteiger partial charge in [-0.05, 0) is 54.9 Å². The number of hydrogen-bond acceptors (Lipinski definition) is 4. The van der Waals surface area contributed by atoms with E-state index >= 15 is 0 Å². The SMILES string of the molecule is CNCCC(Oc1ccc(CN2CCn3cccc3C2=O)cc1)c1cccs1. The van der Waals surface area contributed by atoms with Gasteiger partial charge in [-0.15, -0.1) is 11.3 Å². The van der Waals surface area contributed by atoms with Crippen LogP contribution in [0.25, 0.3) is 0 Å². The van der Waals surface area contributed by atoms with Gasteiger partial charge >= 0.3 is 0 Å². The summed E-state index contributed by atoms with van der Waals surface area (Å²) in [5.74, 6) is 0.957. The average molecular weight is 396 g/mol. The number of carbonyl (C=O) groups excluding carboxylic acids is 1. The third-order valence-electron chi connectivity index (χ3n) is 5.04. The summed E-state index contributed by atoms with van der Waals surface area (Å²) in [7, 11) is 1.96. The molecule has 0 bridgehead atoms. The number of benzene rings is 1. The van der Waals surface area contributed by atoms with Crippen molar-refractivity contribution >= 4 is 17.2 Å². The number of aromatic nitrogens is 1. The molecule has 0 aliphatic carbocycles. The maximum absolute atomic E-state index is 12.6. The summed E-state index contributed by atoms with van der Waals surface area (Å²) in [4.78, 5) is 15.7. The van der Waals surface area contributed by atoms with Gasteiger partial charge in [-0.2, -0.15) is 0 Å². The van der Waals surface area contributed by atoms with E-state index in [1.54, 1.807) is 11.3 Å². The van der Waals surface area contributed by atoms with E-state index in [0.29, 0.717) is 6.54 Å². The van der Waals surface area contributed by atoms with Crippen LogP contribution in [0.4, 0.5) is 0 Å². The van der Waals surface area contributed by atoms with E-state index in [9.17, 15) is 4.79 Å². The van der Waals surface area contributed by atoms with Gasteiger partial charge in [0.15, 0.2) is 0 Å². The molecule has 1 atom stereocenters. The molecule has 1 aliphatic rings. The van der Waals surface area contributed by atoms with Crippen LogP contribution < -0.4 is 10.1 Å². The molecule has 1 aromatic carbocycles. The van der Waals surface area contributed by atoms with Gasteiger partial charge in [0.2, 0.25) is 0 Å². The molecule has 6 heteroatoms. The lowest BCUT2D eigenvalue weighted by Gasteiger charge is -2.28. The maximum atomic E-state index is 12.6. The van der Waals surface area contributed by atoms with E-state index in [0.717, 1.165) is 43.1 Å².